The van der Waals surface area contributed by atoms with E-state index >= 15 is 8.63 Å². The van der Waals surface area contributed by atoms with Gasteiger partial charge < -0.3 is 31.8 Å². The van der Waals surface area contributed by atoms with E-state index in [-0.39, 0.29) is 0 Å². The maximum Gasteiger partial charge on any atom is 0.738 e. The molecule has 0 amide bonds. The Labute approximate surface area is 177 Å². The van der Waals surface area contributed by atoms with Crippen molar-refractivity contribution < 1.29 is 27.3 Å². The van der Waals surface area contributed by atoms with Crippen LogP contribution in [0.25, 0.3) is 5.57 Å². The molecule has 0 spiro atoms. The number of benzene rings is 1. The summed E-state index contributed by atoms with van der Waals surface area (Å²) in [6, 6.07) is 6.79. The third-order valence-electron chi connectivity index (χ3n) is 4.82. The molecule has 1 aromatic carbocycles. The second kappa shape index (κ2) is 6.77. The molecule has 0 radical (unpaired) electrons. The van der Waals surface area contributed by atoms with Crippen LogP contribution in [0.3, 0.4) is 0 Å². The maximum atomic E-state index is 15.3. The van der Waals surface area contributed by atoms with Crippen LogP contribution in [0.1, 0.15) is 11.3 Å². The first-order chi connectivity index (χ1) is 13.3. The average Bonchev–Trinajstić information content (AvgIpc) is 3.25. The summed E-state index contributed by atoms with van der Waals surface area (Å²) in [5.74, 6) is 1.33. The van der Waals surface area contributed by atoms with Gasteiger partial charge in [0.2, 0.25) is 10.4 Å². The predicted octanol–water partition coefficient (Wildman–Crippen LogP) is 4.65. The Hall–Kier alpha value is -2.07. The maximum absolute atomic E-state index is 15.3. The highest BCUT2D eigenvalue weighted by atomic mass is 79.9. The topological polar surface area (TPSA) is 35.6 Å². The lowest BCUT2D eigenvalue weighted by atomic mass is 9.86. The molecule has 0 bridgehead atoms. The van der Waals surface area contributed by atoms with E-state index in [9.17, 15) is 0 Å². The normalized spacial score (nSPS) is 17.0. The zero-order valence-electron chi connectivity index (χ0n) is 15.2. The smallest absolute Gasteiger partial charge is 0.493 e. The van der Waals surface area contributed by atoms with Gasteiger partial charge in [0, 0.05) is 33.8 Å². The Morgan fingerprint density at radius 1 is 0.964 bits per heavy atom. The summed E-state index contributed by atoms with van der Waals surface area (Å²) in [4.78, 5) is 0. The molecule has 3 heterocycles. The second-order valence-corrected chi connectivity index (χ2v) is 7.82. The number of hydrogen-bond acceptors (Lipinski definition) is 3. The molecular formula is C18H15BBr2F2N2O3. The molecule has 28 heavy (non-hydrogen) atoms. The first kappa shape index (κ1) is 19.3. The van der Waals surface area contributed by atoms with Crippen molar-refractivity contribution in [3.8, 4) is 17.2 Å². The SMILES string of the molecule is COc1cc(C2=C3C=CC(Br)=[N+]3[B-](F)(F)n3c(Br)ccc32)cc(OC)c1OC. The minimum absolute atomic E-state index is 0.295. The zero-order valence-corrected chi connectivity index (χ0v) is 18.3. The Bertz CT molecular complexity index is 1070. The third kappa shape index (κ3) is 2.57. The summed E-state index contributed by atoms with van der Waals surface area (Å²) in [7, 11) is 4.55. The molecular weight excluding hydrogens is 501 g/mol. The summed E-state index contributed by atoms with van der Waals surface area (Å²) in [5, 5.41) is 0. The third-order valence-corrected chi connectivity index (χ3v) is 6.12. The number of nitrogens with zero attached hydrogens (tertiary/aromatic N) is 2. The number of ether oxygens (including phenoxy) is 3. The average molecular weight is 516 g/mol. The van der Waals surface area contributed by atoms with Gasteiger partial charge in [0.25, 0.3) is 0 Å². The van der Waals surface area contributed by atoms with Crippen LogP contribution in [0.15, 0.2) is 46.7 Å². The van der Waals surface area contributed by atoms with Crippen LogP contribution in [-0.4, -0.2) is 41.9 Å². The van der Waals surface area contributed by atoms with Crippen molar-refractivity contribution in [3.05, 3.63) is 58.0 Å². The largest absolute Gasteiger partial charge is 0.738 e. The van der Waals surface area contributed by atoms with Crippen LogP contribution in [0.5, 0.6) is 17.2 Å². The molecule has 1 aromatic heterocycles. The van der Waals surface area contributed by atoms with Gasteiger partial charge in [-0.2, -0.15) is 0 Å². The number of aromatic nitrogens is 1. The van der Waals surface area contributed by atoms with Crippen LogP contribution in [0, 0.1) is 0 Å². The fourth-order valence-corrected chi connectivity index (χ4v) is 4.79. The van der Waals surface area contributed by atoms with E-state index in [1.807, 2.05) is 0 Å². The number of fused-ring (bicyclic) bond motifs is 2. The summed E-state index contributed by atoms with van der Waals surface area (Å²) >= 11 is 6.52. The van der Waals surface area contributed by atoms with Crippen LogP contribution in [0.4, 0.5) is 8.63 Å². The fourth-order valence-electron chi connectivity index (χ4n) is 3.65. The molecule has 2 aliphatic heterocycles. The predicted molar refractivity (Wildman–Crippen MR) is 111 cm³/mol. The highest BCUT2D eigenvalue weighted by molar-refractivity contribution is 9.18. The van der Waals surface area contributed by atoms with Gasteiger partial charge in [0.15, 0.2) is 17.2 Å². The number of allylic oxidation sites excluding steroid dienone is 2. The number of hydrogen-bond donors (Lipinski definition) is 0. The molecule has 2 aromatic rings. The van der Waals surface area contributed by atoms with Crippen LogP contribution in [0.2, 0.25) is 0 Å². The van der Waals surface area contributed by atoms with Crippen molar-refractivity contribution in [2.45, 2.75) is 0 Å². The van der Waals surface area contributed by atoms with E-state index in [2.05, 4.69) is 31.9 Å². The molecule has 0 fully saturated rings. The van der Waals surface area contributed by atoms with Gasteiger partial charge >= 0.3 is 6.97 Å². The van der Waals surface area contributed by atoms with E-state index in [0.717, 1.165) is 8.96 Å². The van der Waals surface area contributed by atoms with Crippen molar-refractivity contribution in [1.82, 2.24) is 4.48 Å². The first-order valence-corrected chi connectivity index (χ1v) is 9.87. The summed E-state index contributed by atoms with van der Waals surface area (Å²) in [6.45, 7) is -4.07. The summed E-state index contributed by atoms with van der Waals surface area (Å²) in [5.41, 5.74) is 2.08. The monoisotopic (exact) mass is 514 g/mol. The zero-order chi connectivity index (χ0) is 20.2. The molecule has 0 atom stereocenters. The Balaban J connectivity index is 2.08. The number of rotatable bonds is 4. The minimum atomic E-state index is -4.07. The molecule has 0 saturated heterocycles. The van der Waals surface area contributed by atoms with Gasteiger partial charge in [-0.25, -0.2) is 0 Å². The standard InChI is InChI=1S/C18H15BBr2F2N2O3/c1-26-13-8-10(9-14(27-2)18(13)28-3)17-11-4-6-15(20)24(11)19(22,23)25-12(17)5-7-16(25)21/h4-9H,1-3H3. The molecule has 0 aliphatic carbocycles. The Kier molecular flexibility index (Phi) is 4.66. The van der Waals surface area contributed by atoms with Crippen LogP contribution >= 0.6 is 31.9 Å². The van der Waals surface area contributed by atoms with Crippen molar-refractivity contribution in [2.24, 2.45) is 0 Å². The first-order valence-electron chi connectivity index (χ1n) is 8.29. The quantitative estimate of drug-likeness (QED) is 0.556. The lowest BCUT2D eigenvalue weighted by Crippen LogP contribution is -2.50. The van der Waals surface area contributed by atoms with Gasteiger partial charge in [-0.3, -0.25) is 0 Å². The molecule has 2 aliphatic rings. The van der Waals surface area contributed by atoms with Gasteiger partial charge in [-0.15, -0.1) is 0 Å². The molecule has 5 nitrogen and oxygen atoms in total. The Morgan fingerprint density at radius 2 is 1.61 bits per heavy atom. The van der Waals surface area contributed by atoms with E-state index in [4.69, 9.17) is 14.2 Å². The number of methoxy groups -OCH3 is 3. The van der Waals surface area contributed by atoms with E-state index in [1.165, 1.54) is 21.3 Å². The van der Waals surface area contributed by atoms with E-state index in [0.29, 0.717) is 49.0 Å². The molecule has 0 N–H and O–H groups in total. The van der Waals surface area contributed by atoms with Gasteiger partial charge in [0.05, 0.1) is 31.5 Å². The summed E-state index contributed by atoms with van der Waals surface area (Å²) < 4.78 is 49.5. The molecule has 10 heteroatoms. The number of halogens is 4. The van der Waals surface area contributed by atoms with E-state index < -0.39 is 6.97 Å². The second-order valence-electron chi connectivity index (χ2n) is 6.20. The van der Waals surface area contributed by atoms with Crippen molar-refractivity contribution in [3.63, 3.8) is 0 Å². The molecule has 146 valence electrons. The van der Waals surface area contributed by atoms with Crippen LogP contribution in [-0.2, 0) is 0 Å². The van der Waals surface area contributed by atoms with Crippen molar-refractivity contribution >= 4 is 49.0 Å². The lowest BCUT2D eigenvalue weighted by Gasteiger charge is -2.32. The summed E-state index contributed by atoms with van der Waals surface area (Å²) in [6.07, 6.45) is 3.28. The van der Waals surface area contributed by atoms with Crippen molar-refractivity contribution in [1.29, 1.82) is 0 Å². The molecule has 0 unspecified atom stereocenters. The van der Waals surface area contributed by atoms with Gasteiger partial charge in [0.1, 0.15) is 0 Å². The van der Waals surface area contributed by atoms with E-state index in [1.54, 1.807) is 36.4 Å². The van der Waals surface area contributed by atoms with Gasteiger partial charge in [-0.05, 0) is 45.8 Å². The molecule has 0 saturated carbocycles. The van der Waals surface area contributed by atoms with Gasteiger partial charge in [-0.1, -0.05) is 0 Å². The van der Waals surface area contributed by atoms with Crippen molar-refractivity contribution in [2.75, 3.05) is 21.3 Å². The lowest BCUT2D eigenvalue weighted by molar-refractivity contribution is -0.358. The fraction of sp³-hybridized carbons (Fsp3) is 0.167. The molecule has 4 rings (SSSR count). The minimum Gasteiger partial charge on any atom is -0.493 e. The van der Waals surface area contributed by atoms with Crippen LogP contribution < -0.4 is 14.2 Å². The highest BCUT2D eigenvalue weighted by Crippen LogP contribution is 2.46. The Morgan fingerprint density at radius 3 is 2.18 bits per heavy atom. The highest BCUT2D eigenvalue weighted by Gasteiger charge is 2.54.